The van der Waals surface area contributed by atoms with Crippen LogP contribution in [-0.2, 0) is 5.72 Å². The van der Waals surface area contributed by atoms with Crippen LogP contribution >= 0.6 is 0 Å². The van der Waals surface area contributed by atoms with Crippen molar-refractivity contribution >= 4 is 11.0 Å². The van der Waals surface area contributed by atoms with Gasteiger partial charge in [-0.3, -0.25) is 0 Å². The van der Waals surface area contributed by atoms with Crippen LogP contribution in [0.15, 0.2) is 29.5 Å². The molecule has 128 valence electrons. The van der Waals surface area contributed by atoms with Crippen molar-refractivity contribution in [2.24, 2.45) is 5.92 Å². The SMILES string of the molecule is N#CCC(O)(C1CCCC1)n1cc(-c2[nH]c(=O)nc3[nH]ccc23)cn1. The predicted molar refractivity (Wildman–Crippen MR) is 90.3 cm³/mol. The summed E-state index contributed by atoms with van der Waals surface area (Å²) in [6.07, 6.45) is 8.82. The molecule has 0 radical (unpaired) electrons. The van der Waals surface area contributed by atoms with Gasteiger partial charge in [0, 0.05) is 29.3 Å². The third-order valence-electron chi connectivity index (χ3n) is 5.06. The van der Waals surface area contributed by atoms with E-state index in [-0.39, 0.29) is 12.3 Å². The summed E-state index contributed by atoms with van der Waals surface area (Å²) in [5.74, 6) is 0.00339. The molecule has 0 spiro atoms. The molecular formula is C17H18N6O2. The van der Waals surface area contributed by atoms with Crippen LogP contribution in [0.3, 0.4) is 0 Å². The molecule has 4 rings (SSSR count). The Morgan fingerprint density at radius 2 is 2.24 bits per heavy atom. The maximum atomic E-state index is 11.8. The van der Waals surface area contributed by atoms with E-state index in [0.29, 0.717) is 16.9 Å². The first-order valence-corrected chi connectivity index (χ1v) is 8.34. The zero-order chi connectivity index (χ0) is 17.4. The fraction of sp³-hybridized carbons (Fsp3) is 0.412. The number of rotatable bonds is 4. The molecule has 8 nitrogen and oxygen atoms in total. The fourth-order valence-electron chi connectivity index (χ4n) is 3.77. The highest BCUT2D eigenvalue weighted by Gasteiger charge is 2.40. The van der Waals surface area contributed by atoms with Crippen molar-refractivity contribution in [3.63, 3.8) is 0 Å². The number of nitrogens with one attached hydrogen (secondary N) is 2. The molecule has 3 N–H and O–H groups in total. The van der Waals surface area contributed by atoms with Gasteiger partial charge >= 0.3 is 5.69 Å². The molecule has 0 saturated heterocycles. The fourth-order valence-corrected chi connectivity index (χ4v) is 3.77. The van der Waals surface area contributed by atoms with Gasteiger partial charge < -0.3 is 15.1 Å². The number of nitriles is 1. The Labute approximate surface area is 143 Å². The monoisotopic (exact) mass is 338 g/mol. The normalized spacial score (nSPS) is 17.6. The Bertz CT molecular complexity index is 1000. The highest BCUT2D eigenvalue weighted by Crippen LogP contribution is 2.39. The lowest BCUT2D eigenvalue weighted by molar-refractivity contribution is -0.0959. The summed E-state index contributed by atoms with van der Waals surface area (Å²) in [4.78, 5) is 21.3. The first-order valence-electron chi connectivity index (χ1n) is 8.34. The van der Waals surface area contributed by atoms with Crippen molar-refractivity contribution < 1.29 is 5.11 Å². The predicted octanol–water partition coefficient (Wildman–Crippen LogP) is 1.86. The third-order valence-corrected chi connectivity index (χ3v) is 5.06. The van der Waals surface area contributed by atoms with E-state index in [1.54, 1.807) is 18.6 Å². The van der Waals surface area contributed by atoms with Gasteiger partial charge in [-0.1, -0.05) is 12.8 Å². The molecule has 8 heteroatoms. The van der Waals surface area contributed by atoms with Crippen LogP contribution in [0.2, 0.25) is 0 Å². The zero-order valence-electron chi connectivity index (χ0n) is 13.6. The largest absolute Gasteiger partial charge is 0.368 e. The lowest BCUT2D eigenvalue weighted by Gasteiger charge is -2.32. The van der Waals surface area contributed by atoms with E-state index in [1.807, 2.05) is 6.07 Å². The van der Waals surface area contributed by atoms with E-state index in [0.717, 1.165) is 31.1 Å². The minimum atomic E-state index is -1.33. The van der Waals surface area contributed by atoms with Crippen LogP contribution < -0.4 is 5.69 Å². The standard InChI is InChI=1S/C17H18N6O2/c18-7-6-17(25,12-3-1-2-4-12)23-10-11(9-20-23)14-13-5-8-19-15(13)22-16(24)21-14/h5,8-10,12,25H,1-4,6H2,(H2,19,21,22,24). The van der Waals surface area contributed by atoms with Crippen LogP contribution in [-0.4, -0.2) is 29.8 Å². The highest BCUT2D eigenvalue weighted by atomic mass is 16.3. The van der Waals surface area contributed by atoms with Gasteiger partial charge in [-0.05, 0) is 18.9 Å². The van der Waals surface area contributed by atoms with Crippen LogP contribution in [0.1, 0.15) is 32.1 Å². The molecule has 25 heavy (non-hydrogen) atoms. The average Bonchev–Trinajstić information content (AvgIpc) is 3.34. The summed E-state index contributed by atoms with van der Waals surface area (Å²) in [7, 11) is 0. The van der Waals surface area contributed by atoms with E-state index in [9.17, 15) is 15.2 Å². The van der Waals surface area contributed by atoms with Gasteiger partial charge in [0.2, 0.25) is 0 Å². The molecule has 1 aliphatic rings. The van der Waals surface area contributed by atoms with E-state index >= 15 is 0 Å². The first kappa shape index (κ1) is 15.6. The molecule has 0 amide bonds. The van der Waals surface area contributed by atoms with Crippen LogP contribution in [0.5, 0.6) is 0 Å². The Balaban J connectivity index is 1.79. The summed E-state index contributed by atoms with van der Waals surface area (Å²) in [5.41, 5.74) is -0.0317. The van der Waals surface area contributed by atoms with Gasteiger partial charge in [0.05, 0.1) is 24.4 Å². The topological polar surface area (TPSA) is 123 Å². The van der Waals surface area contributed by atoms with Crippen molar-refractivity contribution in [3.8, 4) is 17.3 Å². The molecule has 0 bridgehead atoms. The van der Waals surface area contributed by atoms with E-state index in [1.165, 1.54) is 4.68 Å². The second-order valence-electron chi connectivity index (χ2n) is 6.53. The summed E-state index contributed by atoms with van der Waals surface area (Å²) in [6.45, 7) is 0. The van der Waals surface area contributed by atoms with Crippen molar-refractivity contribution in [3.05, 3.63) is 35.1 Å². The molecule has 3 aromatic rings. The van der Waals surface area contributed by atoms with Crippen molar-refractivity contribution in [2.75, 3.05) is 0 Å². The number of H-pyrrole nitrogens is 2. The molecule has 1 atom stereocenters. The molecule has 0 aromatic carbocycles. The maximum absolute atomic E-state index is 11.8. The van der Waals surface area contributed by atoms with E-state index in [4.69, 9.17) is 0 Å². The average molecular weight is 338 g/mol. The molecule has 3 aromatic heterocycles. The van der Waals surface area contributed by atoms with Crippen LogP contribution in [0.4, 0.5) is 0 Å². The molecular weight excluding hydrogens is 320 g/mol. The number of aromatic amines is 2. The van der Waals surface area contributed by atoms with E-state index in [2.05, 4.69) is 26.1 Å². The second-order valence-corrected chi connectivity index (χ2v) is 6.53. The smallest absolute Gasteiger partial charge is 0.347 e. The van der Waals surface area contributed by atoms with Crippen molar-refractivity contribution in [1.29, 1.82) is 5.26 Å². The maximum Gasteiger partial charge on any atom is 0.347 e. The van der Waals surface area contributed by atoms with Crippen LogP contribution in [0.25, 0.3) is 22.3 Å². The van der Waals surface area contributed by atoms with Crippen LogP contribution in [0, 0.1) is 17.2 Å². The highest BCUT2D eigenvalue weighted by molar-refractivity contribution is 5.89. The van der Waals surface area contributed by atoms with Gasteiger partial charge in [0.15, 0.2) is 5.72 Å². The molecule has 1 fully saturated rings. The first-order chi connectivity index (χ1) is 12.1. The number of hydrogen-bond acceptors (Lipinski definition) is 5. The number of hydrogen-bond donors (Lipinski definition) is 3. The van der Waals surface area contributed by atoms with Gasteiger partial charge in [-0.2, -0.15) is 15.3 Å². The lowest BCUT2D eigenvalue weighted by atomic mass is 9.91. The van der Waals surface area contributed by atoms with E-state index < -0.39 is 11.4 Å². The Morgan fingerprint density at radius 3 is 3.00 bits per heavy atom. The Morgan fingerprint density at radius 1 is 1.44 bits per heavy atom. The number of nitrogens with zero attached hydrogens (tertiary/aromatic N) is 4. The number of aliphatic hydroxyl groups is 1. The Hall–Kier alpha value is -2.92. The van der Waals surface area contributed by atoms with Gasteiger partial charge in [0.25, 0.3) is 0 Å². The zero-order valence-corrected chi connectivity index (χ0v) is 13.6. The number of aromatic nitrogens is 5. The van der Waals surface area contributed by atoms with Gasteiger partial charge in [-0.25, -0.2) is 9.48 Å². The quantitative estimate of drug-likeness (QED) is 0.670. The van der Waals surface area contributed by atoms with Crippen molar-refractivity contribution in [1.82, 2.24) is 24.7 Å². The van der Waals surface area contributed by atoms with Gasteiger partial charge in [-0.15, -0.1) is 0 Å². The number of fused-ring (bicyclic) bond motifs is 1. The summed E-state index contributed by atoms with van der Waals surface area (Å²) >= 11 is 0. The molecule has 1 saturated carbocycles. The summed E-state index contributed by atoms with van der Waals surface area (Å²) in [5, 5.41) is 25.4. The van der Waals surface area contributed by atoms with Crippen molar-refractivity contribution in [2.45, 2.75) is 37.8 Å². The second kappa shape index (κ2) is 5.86. The Kier molecular flexibility index (Phi) is 3.66. The molecule has 0 aliphatic heterocycles. The molecule has 1 aliphatic carbocycles. The minimum absolute atomic E-state index is 0.00339. The van der Waals surface area contributed by atoms with Gasteiger partial charge in [0.1, 0.15) is 5.65 Å². The minimum Gasteiger partial charge on any atom is -0.368 e. The molecule has 3 heterocycles. The lowest BCUT2D eigenvalue weighted by Crippen LogP contribution is -2.40. The third kappa shape index (κ3) is 2.53. The molecule has 1 unspecified atom stereocenters. The summed E-state index contributed by atoms with van der Waals surface area (Å²) < 4.78 is 1.47. The summed E-state index contributed by atoms with van der Waals surface area (Å²) in [6, 6.07) is 3.91.